The molecule has 0 saturated carbocycles. The lowest BCUT2D eigenvalue weighted by Gasteiger charge is -2.25. The van der Waals surface area contributed by atoms with Gasteiger partial charge in [0.1, 0.15) is 13.2 Å². The Morgan fingerprint density at radius 1 is 0.397 bits per heavy atom. The second-order valence-electron chi connectivity index (χ2n) is 22.7. The molecule has 0 radical (unpaired) electrons. The Morgan fingerprint density at radius 3 is 1.10 bits per heavy atom. The van der Waals surface area contributed by atoms with E-state index in [-0.39, 0.29) is 32.2 Å². The maximum atomic E-state index is 12.9. The highest BCUT2D eigenvalue weighted by Gasteiger charge is 2.25. The van der Waals surface area contributed by atoms with E-state index in [1.54, 1.807) is 0 Å². The molecule has 0 rings (SSSR count). The first kappa shape index (κ1) is 74.5. The number of aliphatic carboxylic acids is 1. The van der Waals surface area contributed by atoms with Gasteiger partial charge in [-0.25, -0.2) is 4.79 Å². The van der Waals surface area contributed by atoms with Crippen molar-refractivity contribution in [1.82, 2.24) is 0 Å². The smallest absolute Gasteiger partial charge is 0.361 e. The molecule has 0 amide bonds. The second kappa shape index (κ2) is 59.6. The molecule has 78 heavy (non-hydrogen) atoms. The zero-order chi connectivity index (χ0) is 56.9. The van der Waals surface area contributed by atoms with E-state index in [4.69, 9.17) is 18.9 Å². The number of allylic oxidation sites excluding steroid dienone is 14. The van der Waals surface area contributed by atoms with Crippen LogP contribution >= 0.6 is 0 Å². The molecule has 0 aliphatic rings. The zero-order valence-corrected chi connectivity index (χ0v) is 51.3. The quantitative estimate of drug-likeness (QED) is 0.0211. The topological polar surface area (TPSA) is 108 Å². The predicted octanol–water partition coefficient (Wildman–Crippen LogP) is 19.5. The molecule has 0 aromatic rings. The number of carboxylic acid groups (broad SMARTS) is 1. The Morgan fingerprint density at radius 2 is 0.731 bits per heavy atom. The summed E-state index contributed by atoms with van der Waals surface area (Å²) in [4.78, 5) is 37.5. The summed E-state index contributed by atoms with van der Waals surface area (Å²) < 4.78 is 22.9. The average Bonchev–Trinajstić information content (AvgIpc) is 3.41. The molecule has 1 N–H and O–H groups in total. The summed E-state index contributed by atoms with van der Waals surface area (Å²) in [5.41, 5.74) is 0. The number of ether oxygens (including phenoxy) is 4. The van der Waals surface area contributed by atoms with Gasteiger partial charge < -0.3 is 28.5 Å². The zero-order valence-electron chi connectivity index (χ0n) is 51.3. The molecule has 450 valence electrons. The van der Waals surface area contributed by atoms with Gasteiger partial charge in [-0.3, -0.25) is 9.59 Å². The van der Waals surface area contributed by atoms with Crippen LogP contribution in [0, 0.1) is 0 Å². The highest BCUT2D eigenvalue weighted by atomic mass is 16.7. The van der Waals surface area contributed by atoms with Gasteiger partial charge in [-0.15, -0.1) is 0 Å². The van der Waals surface area contributed by atoms with Crippen molar-refractivity contribution in [2.45, 2.75) is 289 Å². The lowest BCUT2D eigenvalue weighted by molar-refractivity contribution is -0.870. The number of rotatable bonds is 59. The van der Waals surface area contributed by atoms with Crippen molar-refractivity contribution in [3.05, 3.63) is 85.1 Å². The number of nitrogens with zero attached hydrogens (tertiary/aromatic N) is 1. The normalized spacial score (nSPS) is 13.3. The van der Waals surface area contributed by atoms with Crippen LogP contribution in [0.15, 0.2) is 85.1 Å². The molecular formula is C69H122NO8+. The van der Waals surface area contributed by atoms with Gasteiger partial charge in [-0.05, 0) is 89.9 Å². The standard InChI is InChI=1S/C69H121NO8/c1-6-8-10-12-14-16-18-20-22-24-26-27-28-29-30-31-32-33-34-35-36-37-38-39-40-41-42-44-46-48-50-52-54-56-58-60-67(72)78-65(64-77-69(68(73)74)75-62-61-70(3,4)5)63-76-66(71)59-57-55-53-51-49-47-45-43-25-23-21-19-17-15-13-11-9-7-2/h8,10,14,16,20,22-23,25-27,29-30,32-33,65,69H,6-7,9,11-13,15,17-19,21,24,28,31,34-64H2,1-5H3/p+1/b10-8-,16-14-,22-20-,25-23-,27-26-,30-29-,33-32-. The molecule has 0 aromatic heterocycles. The predicted molar refractivity (Wildman–Crippen MR) is 332 cm³/mol. The third-order valence-corrected chi connectivity index (χ3v) is 13.9. The molecule has 0 saturated heterocycles. The molecule has 2 atom stereocenters. The highest BCUT2D eigenvalue weighted by molar-refractivity contribution is 5.71. The number of hydrogen-bond donors (Lipinski definition) is 1. The van der Waals surface area contributed by atoms with Crippen molar-refractivity contribution >= 4 is 17.9 Å². The lowest BCUT2D eigenvalue weighted by atomic mass is 10.0. The Hall–Kier alpha value is -3.53. The van der Waals surface area contributed by atoms with Crippen LogP contribution in [0.4, 0.5) is 0 Å². The summed E-state index contributed by atoms with van der Waals surface area (Å²) in [6.45, 7) is 4.78. The van der Waals surface area contributed by atoms with Gasteiger partial charge >= 0.3 is 17.9 Å². The van der Waals surface area contributed by atoms with Crippen molar-refractivity contribution in [2.24, 2.45) is 0 Å². The van der Waals surface area contributed by atoms with Crippen LogP contribution in [-0.4, -0.2) is 87.4 Å². The van der Waals surface area contributed by atoms with Crippen LogP contribution < -0.4 is 0 Å². The van der Waals surface area contributed by atoms with Gasteiger partial charge in [-0.2, -0.15) is 0 Å². The third-order valence-electron chi connectivity index (χ3n) is 13.9. The van der Waals surface area contributed by atoms with Gasteiger partial charge in [0.15, 0.2) is 6.10 Å². The molecule has 0 fully saturated rings. The van der Waals surface area contributed by atoms with E-state index >= 15 is 0 Å². The number of hydrogen-bond acceptors (Lipinski definition) is 7. The average molecular weight is 1090 g/mol. The third kappa shape index (κ3) is 60.1. The fourth-order valence-corrected chi connectivity index (χ4v) is 8.95. The molecule has 2 unspecified atom stereocenters. The molecule has 0 aliphatic carbocycles. The van der Waals surface area contributed by atoms with Crippen LogP contribution in [0.5, 0.6) is 0 Å². The fraction of sp³-hybridized carbons (Fsp3) is 0.754. The summed E-state index contributed by atoms with van der Waals surface area (Å²) in [6.07, 6.45) is 76.8. The van der Waals surface area contributed by atoms with E-state index in [1.807, 2.05) is 21.1 Å². The van der Waals surface area contributed by atoms with Crippen molar-refractivity contribution < 1.29 is 42.9 Å². The van der Waals surface area contributed by atoms with E-state index in [1.165, 1.54) is 173 Å². The fourth-order valence-electron chi connectivity index (χ4n) is 8.95. The molecule has 0 heterocycles. The van der Waals surface area contributed by atoms with Crippen LogP contribution in [0.3, 0.4) is 0 Å². The summed E-state index contributed by atoms with van der Waals surface area (Å²) in [5.74, 6) is -2.00. The van der Waals surface area contributed by atoms with E-state index in [0.717, 1.165) is 77.0 Å². The lowest BCUT2D eigenvalue weighted by Crippen LogP contribution is -2.40. The largest absolute Gasteiger partial charge is 0.477 e. The van der Waals surface area contributed by atoms with Crippen molar-refractivity contribution in [1.29, 1.82) is 0 Å². The van der Waals surface area contributed by atoms with E-state index < -0.39 is 24.3 Å². The minimum atomic E-state index is -1.51. The summed E-state index contributed by atoms with van der Waals surface area (Å²) in [7, 11) is 5.97. The Balaban J connectivity index is 4.11. The Kier molecular flexibility index (Phi) is 56.9. The Labute approximate surface area is 480 Å². The number of unbranched alkanes of at least 4 members (excludes halogenated alkanes) is 30. The van der Waals surface area contributed by atoms with Gasteiger partial charge in [0.2, 0.25) is 0 Å². The molecular weight excluding hydrogens is 971 g/mol. The molecule has 0 spiro atoms. The van der Waals surface area contributed by atoms with Crippen LogP contribution in [0.1, 0.15) is 277 Å². The van der Waals surface area contributed by atoms with E-state index in [2.05, 4.69) is 98.9 Å². The summed E-state index contributed by atoms with van der Waals surface area (Å²) in [6, 6.07) is 0. The van der Waals surface area contributed by atoms with E-state index in [0.29, 0.717) is 17.4 Å². The number of carbonyl (C=O) groups is 3. The summed E-state index contributed by atoms with van der Waals surface area (Å²) >= 11 is 0. The summed E-state index contributed by atoms with van der Waals surface area (Å²) in [5, 5.41) is 9.72. The maximum absolute atomic E-state index is 12.9. The number of likely N-dealkylation sites (N-methyl/N-ethyl adjacent to an activating group) is 1. The van der Waals surface area contributed by atoms with Crippen LogP contribution in [-0.2, 0) is 33.3 Å². The molecule has 0 aliphatic heterocycles. The Bertz CT molecular complexity index is 1550. The molecule has 9 nitrogen and oxygen atoms in total. The first-order valence-electron chi connectivity index (χ1n) is 32.3. The number of esters is 2. The van der Waals surface area contributed by atoms with Crippen molar-refractivity contribution in [2.75, 3.05) is 47.5 Å². The number of quaternary nitrogens is 1. The van der Waals surface area contributed by atoms with Crippen LogP contribution in [0.2, 0.25) is 0 Å². The van der Waals surface area contributed by atoms with Crippen LogP contribution in [0.25, 0.3) is 0 Å². The second-order valence-corrected chi connectivity index (χ2v) is 22.7. The van der Waals surface area contributed by atoms with Gasteiger partial charge in [0, 0.05) is 12.8 Å². The number of carbonyl (C=O) groups excluding carboxylic acids is 2. The van der Waals surface area contributed by atoms with Gasteiger partial charge in [0.05, 0.1) is 34.4 Å². The number of carboxylic acids is 1. The van der Waals surface area contributed by atoms with Crippen molar-refractivity contribution in [3.63, 3.8) is 0 Å². The van der Waals surface area contributed by atoms with Crippen molar-refractivity contribution in [3.8, 4) is 0 Å². The van der Waals surface area contributed by atoms with Gasteiger partial charge in [-0.1, -0.05) is 259 Å². The first-order chi connectivity index (χ1) is 38.1. The van der Waals surface area contributed by atoms with Gasteiger partial charge in [0.25, 0.3) is 6.29 Å². The molecule has 0 aromatic carbocycles. The first-order valence-corrected chi connectivity index (χ1v) is 32.3. The minimum Gasteiger partial charge on any atom is -0.477 e. The minimum absolute atomic E-state index is 0.184. The molecule has 9 heteroatoms. The molecule has 0 bridgehead atoms. The highest BCUT2D eigenvalue weighted by Crippen LogP contribution is 2.17. The monoisotopic (exact) mass is 1090 g/mol. The SMILES string of the molecule is CC/C=C\C/C=C\C/C=C\C/C=C\C/C=C\C/C=C\CCCCCCCCCCCCCCCCCCC(=O)OC(COC(=O)CCCCCCCCC/C=C\CCCCCCCCC)COC(OCC[N+](C)(C)C)C(=O)O. The maximum Gasteiger partial charge on any atom is 0.361 e. The van der Waals surface area contributed by atoms with E-state index in [9.17, 15) is 19.5 Å².